The lowest BCUT2D eigenvalue weighted by molar-refractivity contribution is 0.456. The highest BCUT2D eigenvalue weighted by Crippen LogP contribution is 2.27. The lowest BCUT2D eigenvalue weighted by Gasteiger charge is -2.08. The molecule has 0 atom stereocenters. The molecular formula is C15H18N4O3. The van der Waals surface area contributed by atoms with Crippen molar-refractivity contribution in [1.82, 2.24) is 14.5 Å². The zero-order chi connectivity index (χ0) is 16.3. The molecule has 7 nitrogen and oxygen atoms in total. The number of benzene rings is 1. The van der Waals surface area contributed by atoms with E-state index in [2.05, 4.69) is 15.3 Å². The number of aromatic nitrogens is 3. The average Bonchev–Trinajstić information content (AvgIpc) is 2.98. The number of oxazole rings is 1. The summed E-state index contributed by atoms with van der Waals surface area (Å²) in [5.41, 5.74) is 0.654. The molecule has 0 spiro atoms. The first-order chi connectivity index (χ1) is 10.6. The van der Waals surface area contributed by atoms with E-state index >= 15 is 0 Å². The van der Waals surface area contributed by atoms with Crippen LogP contribution >= 0.6 is 0 Å². The minimum Gasteiger partial charge on any atom is -0.501 e. The summed E-state index contributed by atoms with van der Waals surface area (Å²) in [5, 5.41) is 12.7. The van der Waals surface area contributed by atoms with Crippen molar-refractivity contribution in [2.75, 3.05) is 12.4 Å². The Hall–Kier alpha value is -2.83. The predicted octanol–water partition coefficient (Wildman–Crippen LogP) is 2.36. The van der Waals surface area contributed by atoms with Crippen molar-refractivity contribution < 1.29 is 9.52 Å². The first-order valence-electron chi connectivity index (χ1n) is 6.95. The van der Waals surface area contributed by atoms with E-state index in [1.165, 1.54) is 11.6 Å². The topological polar surface area (TPSA) is 93.2 Å². The molecule has 0 aliphatic rings. The smallest absolute Gasteiger partial charge is 0.297 e. The molecule has 1 aromatic carbocycles. The Labute approximate surface area is 127 Å². The number of nitrogens with zero attached hydrogens (tertiary/aromatic N) is 3. The van der Waals surface area contributed by atoms with Crippen LogP contribution in [0.25, 0.3) is 22.7 Å². The van der Waals surface area contributed by atoms with Gasteiger partial charge in [-0.15, -0.1) is 0 Å². The molecule has 0 fully saturated rings. The second-order valence-corrected chi connectivity index (χ2v) is 4.23. The van der Waals surface area contributed by atoms with Gasteiger partial charge in [0.05, 0.1) is 0 Å². The number of aromatic hydroxyl groups is 1. The number of hydrogen-bond donors (Lipinski definition) is 2. The van der Waals surface area contributed by atoms with Crippen LogP contribution in [0.1, 0.15) is 13.8 Å². The first-order valence-corrected chi connectivity index (χ1v) is 6.95. The molecule has 0 aliphatic heterocycles. The van der Waals surface area contributed by atoms with Crippen LogP contribution in [0.5, 0.6) is 5.75 Å². The van der Waals surface area contributed by atoms with Gasteiger partial charge in [-0.25, -0.2) is 9.97 Å². The highest BCUT2D eigenvalue weighted by Gasteiger charge is 2.19. The van der Waals surface area contributed by atoms with Crippen molar-refractivity contribution in [3.05, 3.63) is 34.6 Å². The fraction of sp³-hybridized carbons (Fsp3) is 0.267. The molecular weight excluding hydrogens is 284 g/mol. The fourth-order valence-corrected chi connectivity index (χ4v) is 1.94. The Morgan fingerprint density at radius 2 is 1.91 bits per heavy atom. The maximum absolute atomic E-state index is 11.9. The van der Waals surface area contributed by atoms with Gasteiger partial charge in [-0.2, -0.15) is 0 Å². The van der Waals surface area contributed by atoms with Crippen LogP contribution in [-0.2, 0) is 7.05 Å². The van der Waals surface area contributed by atoms with E-state index < -0.39 is 11.3 Å². The van der Waals surface area contributed by atoms with E-state index in [0.717, 1.165) is 0 Å². The van der Waals surface area contributed by atoms with Gasteiger partial charge in [-0.1, -0.05) is 26.0 Å². The van der Waals surface area contributed by atoms with E-state index in [9.17, 15) is 9.90 Å². The van der Waals surface area contributed by atoms with Gasteiger partial charge >= 0.3 is 0 Å². The SMILES string of the molecule is CC.CNc1nc(-c2nc3ccccc3o2)c(O)c(=O)n1C. The van der Waals surface area contributed by atoms with Crippen molar-refractivity contribution in [1.29, 1.82) is 0 Å². The van der Waals surface area contributed by atoms with Crippen LogP contribution in [0.2, 0.25) is 0 Å². The number of para-hydroxylation sites is 2. The van der Waals surface area contributed by atoms with E-state index in [-0.39, 0.29) is 11.6 Å². The lowest BCUT2D eigenvalue weighted by Crippen LogP contribution is -2.21. The second-order valence-electron chi connectivity index (χ2n) is 4.23. The summed E-state index contributed by atoms with van der Waals surface area (Å²) in [6.45, 7) is 4.00. The van der Waals surface area contributed by atoms with Crippen LogP contribution in [0.3, 0.4) is 0 Å². The molecule has 2 heterocycles. The van der Waals surface area contributed by atoms with Crippen molar-refractivity contribution in [3.8, 4) is 17.3 Å². The minimum atomic E-state index is -0.568. The maximum Gasteiger partial charge on any atom is 0.297 e. The molecule has 2 N–H and O–H groups in total. The van der Waals surface area contributed by atoms with E-state index in [1.807, 2.05) is 26.0 Å². The third kappa shape index (κ3) is 2.52. The summed E-state index contributed by atoms with van der Waals surface area (Å²) in [6.07, 6.45) is 0. The number of fused-ring (bicyclic) bond motifs is 1. The monoisotopic (exact) mass is 302 g/mol. The van der Waals surface area contributed by atoms with Crippen molar-refractivity contribution in [2.24, 2.45) is 7.05 Å². The van der Waals surface area contributed by atoms with Crippen molar-refractivity contribution in [2.45, 2.75) is 13.8 Å². The number of rotatable bonds is 2. The molecule has 0 aliphatic carbocycles. The van der Waals surface area contributed by atoms with Gasteiger partial charge in [-0.3, -0.25) is 9.36 Å². The lowest BCUT2D eigenvalue weighted by atomic mass is 10.3. The Morgan fingerprint density at radius 1 is 1.23 bits per heavy atom. The minimum absolute atomic E-state index is 0.0219. The van der Waals surface area contributed by atoms with E-state index in [0.29, 0.717) is 17.0 Å². The molecule has 3 aromatic rings. The third-order valence-electron chi connectivity index (χ3n) is 2.99. The van der Waals surface area contributed by atoms with Gasteiger partial charge in [0.1, 0.15) is 5.52 Å². The quantitative estimate of drug-likeness (QED) is 0.755. The maximum atomic E-state index is 11.9. The Bertz CT molecular complexity index is 819. The van der Waals surface area contributed by atoms with Gasteiger partial charge in [0.15, 0.2) is 11.3 Å². The summed E-state index contributed by atoms with van der Waals surface area (Å²) < 4.78 is 6.73. The standard InChI is InChI=1S/C13H12N4O3.C2H6/c1-14-13-16-9(10(18)12(19)17(13)2)11-15-7-5-3-4-6-8(7)20-11;1-2/h3-6,18H,1-2H3,(H,14,16);1-2H3. The summed E-state index contributed by atoms with van der Waals surface area (Å²) in [6, 6.07) is 7.17. The number of nitrogens with one attached hydrogen (secondary N) is 1. The molecule has 3 rings (SSSR count). The number of anilines is 1. The van der Waals surface area contributed by atoms with E-state index in [1.54, 1.807) is 19.2 Å². The summed E-state index contributed by atoms with van der Waals surface area (Å²) >= 11 is 0. The Balaban J connectivity index is 0.000000847. The van der Waals surface area contributed by atoms with Gasteiger partial charge in [0.2, 0.25) is 11.7 Å². The first kappa shape index (κ1) is 15.6. The van der Waals surface area contributed by atoms with Crippen LogP contribution in [0, 0.1) is 0 Å². The van der Waals surface area contributed by atoms with E-state index in [4.69, 9.17) is 4.42 Å². The average molecular weight is 302 g/mol. The molecule has 0 amide bonds. The van der Waals surface area contributed by atoms with Crippen LogP contribution in [0.15, 0.2) is 33.5 Å². The van der Waals surface area contributed by atoms with Crippen LogP contribution in [-0.4, -0.2) is 26.7 Å². The Morgan fingerprint density at radius 3 is 2.55 bits per heavy atom. The molecule has 0 bridgehead atoms. The zero-order valence-electron chi connectivity index (χ0n) is 12.9. The fourth-order valence-electron chi connectivity index (χ4n) is 1.94. The zero-order valence-corrected chi connectivity index (χ0v) is 12.9. The summed E-state index contributed by atoms with van der Waals surface area (Å²) in [5.74, 6) is -0.0685. The second kappa shape index (κ2) is 6.30. The highest BCUT2D eigenvalue weighted by atomic mass is 16.4. The molecule has 0 unspecified atom stereocenters. The normalized spacial score (nSPS) is 10.2. The van der Waals surface area contributed by atoms with Crippen LogP contribution in [0.4, 0.5) is 5.95 Å². The van der Waals surface area contributed by atoms with Gasteiger partial charge in [-0.05, 0) is 12.1 Å². The largest absolute Gasteiger partial charge is 0.501 e. The molecule has 7 heteroatoms. The van der Waals surface area contributed by atoms with Gasteiger partial charge in [0, 0.05) is 14.1 Å². The van der Waals surface area contributed by atoms with Crippen molar-refractivity contribution >= 4 is 17.0 Å². The van der Waals surface area contributed by atoms with Gasteiger partial charge in [0.25, 0.3) is 11.4 Å². The molecule has 2 aromatic heterocycles. The molecule has 0 saturated heterocycles. The van der Waals surface area contributed by atoms with Gasteiger partial charge < -0.3 is 14.8 Å². The molecule has 22 heavy (non-hydrogen) atoms. The van der Waals surface area contributed by atoms with Crippen LogP contribution < -0.4 is 10.9 Å². The Kier molecular flexibility index (Phi) is 4.45. The third-order valence-corrected chi connectivity index (χ3v) is 2.99. The predicted molar refractivity (Wildman–Crippen MR) is 85.0 cm³/mol. The molecule has 116 valence electrons. The highest BCUT2D eigenvalue weighted by molar-refractivity contribution is 5.76. The van der Waals surface area contributed by atoms with Crippen molar-refractivity contribution in [3.63, 3.8) is 0 Å². The number of hydrogen-bond acceptors (Lipinski definition) is 6. The summed E-state index contributed by atoms with van der Waals surface area (Å²) in [4.78, 5) is 20.3. The molecule has 0 saturated carbocycles. The molecule has 0 radical (unpaired) electrons. The summed E-state index contributed by atoms with van der Waals surface area (Å²) in [7, 11) is 3.14.